The van der Waals surface area contributed by atoms with E-state index in [1.54, 1.807) is 0 Å². The van der Waals surface area contributed by atoms with E-state index in [9.17, 15) is 0 Å². The van der Waals surface area contributed by atoms with Crippen LogP contribution in [0.25, 0.3) is 0 Å². The Morgan fingerprint density at radius 1 is 0.248 bits per heavy atom. The molecule has 3 unspecified atom stereocenters. The summed E-state index contributed by atoms with van der Waals surface area (Å²) >= 11 is 0. The Morgan fingerprint density at radius 3 is 0.698 bits per heavy atom. The molecular formula is C117H210N12. The SMILES string of the molecule is CC.CC.CC.CC.CC.CC.CC(c1ccccn1)N(C)C1CCC(C(C)(C)C)CC1.CC(c1cccnc1)N(C)C1CCC(C(C)(C)C)CC1.CC(c1cccnc1)N(C)C1CCC(C(C)(C)C)CC1.CN(Cc1ccccn1)C1CCC(C(C)(C)C)CC1.CN(Cc1ccccn1)C1CCC(C(C)(C)C)CC1.CN(Cc1cccnc1)C1CCC(C(C)(C)C)CC1. The zero-order valence-corrected chi connectivity index (χ0v) is 92.0. The van der Waals surface area contributed by atoms with Gasteiger partial charge in [0.05, 0.1) is 17.1 Å². The molecule has 0 saturated heterocycles. The van der Waals surface area contributed by atoms with Gasteiger partial charge in [0.15, 0.2) is 0 Å². The fourth-order valence-corrected chi connectivity index (χ4v) is 20.4. The molecule has 0 radical (unpaired) electrons. The predicted molar refractivity (Wildman–Crippen MR) is 568 cm³/mol. The molecule has 0 aliphatic heterocycles. The van der Waals surface area contributed by atoms with Crippen molar-refractivity contribution in [2.45, 2.75) is 457 Å². The standard InChI is InChI=1S/3C18H30N2.3C17H28N2.6C2H6/c2*1-14(15-7-6-12-19-13-15)20(5)17-10-8-16(9-11-17)18(2,3)4;1-14(17-8-6-7-13-19-17)20(5)16-11-9-15(10-12-16)18(2,3)4;1-17(2,3)15-7-9-16(10-8-15)19(4)13-14-6-5-11-18-12-14;2*1-17(2,3)14-8-10-16(11-9-14)19(4)13-15-7-5-6-12-18-15;6*1-2/h2*6-7,12-14,16-17H,8-11H2,1-5H3;6-8,13-16H,9-12H2,1-5H3;5-6,11-12,15-16H,7-10,13H2,1-4H3;2*5-7,12,14,16H,8-11,13H2,1-4H3;6*1-2H3. The highest BCUT2D eigenvalue weighted by molar-refractivity contribution is 5.16. The van der Waals surface area contributed by atoms with Crippen molar-refractivity contribution >= 4 is 0 Å². The summed E-state index contributed by atoms with van der Waals surface area (Å²) in [5.41, 5.74) is 10.4. The van der Waals surface area contributed by atoms with E-state index >= 15 is 0 Å². The minimum Gasteiger partial charge on any atom is -0.299 e. The molecule has 6 aromatic heterocycles. The van der Waals surface area contributed by atoms with E-state index in [0.717, 1.165) is 85.4 Å². The molecule has 6 aliphatic carbocycles. The zero-order valence-electron chi connectivity index (χ0n) is 92.0. The van der Waals surface area contributed by atoms with Crippen molar-refractivity contribution < 1.29 is 0 Å². The molecule has 12 nitrogen and oxygen atoms in total. The lowest BCUT2D eigenvalue weighted by atomic mass is 9.71. The molecule has 6 aromatic rings. The summed E-state index contributed by atoms with van der Waals surface area (Å²) in [5, 5.41) is 0. The van der Waals surface area contributed by atoms with Crippen molar-refractivity contribution in [2.75, 3.05) is 42.3 Å². The highest BCUT2D eigenvalue weighted by Crippen LogP contribution is 2.46. The minimum absolute atomic E-state index is 0.410. The van der Waals surface area contributed by atoms with Gasteiger partial charge in [0.1, 0.15) is 0 Å². The molecule has 12 heteroatoms. The first-order valence-corrected chi connectivity index (χ1v) is 52.7. The average molecular weight is 1790 g/mol. The lowest BCUT2D eigenvalue weighted by Gasteiger charge is -2.41. The first kappa shape index (κ1) is 122. The monoisotopic (exact) mass is 1780 g/mol. The van der Waals surface area contributed by atoms with Gasteiger partial charge in [-0.05, 0) is 356 Å². The van der Waals surface area contributed by atoms with Crippen LogP contribution in [0.4, 0.5) is 0 Å². The number of pyridine rings is 6. The van der Waals surface area contributed by atoms with E-state index in [1.165, 1.54) is 188 Å². The van der Waals surface area contributed by atoms with Gasteiger partial charge < -0.3 is 0 Å². The van der Waals surface area contributed by atoms with E-state index < -0.39 is 0 Å². The number of rotatable bonds is 18. The number of hydrogen-bond donors (Lipinski definition) is 0. The Morgan fingerprint density at radius 2 is 0.481 bits per heavy atom. The van der Waals surface area contributed by atoms with E-state index in [0.29, 0.717) is 56.7 Å². The Labute approximate surface area is 801 Å². The van der Waals surface area contributed by atoms with Crippen molar-refractivity contribution in [2.24, 2.45) is 68.0 Å². The molecule has 0 spiro atoms. The number of hydrogen-bond acceptors (Lipinski definition) is 12. The second kappa shape index (κ2) is 63.8. The number of nitrogens with zero attached hydrogens (tertiary/aromatic N) is 12. The third-order valence-corrected chi connectivity index (χ3v) is 29.8. The van der Waals surface area contributed by atoms with Gasteiger partial charge in [0, 0.05) is 130 Å². The van der Waals surface area contributed by atoms with Crippen LogP contribution in [0.1, 0.15) is 434 Å². The first-order valence-electron chi connectivity index (χ1n) is 52.7. The molecule has 6 saturated carbocycles. The van der Waals surface area contributed by atoms with Gasteiger partial charge in [-0.2, -0.15) is 0 Å². The highest BCUT2D eigenvalue weighted by Gasteiger charge is 2.38. The Bertz CT molecular complexity index is 3170. The van der Waals surface area contributed by atoms with Crippen LogP contribution in [0, 0.1) is 68.0 Å². The van der Waals surface area contributed by atoms with Crippen LogP contribution in [0.2, 0.25) is 0 Å². The Balaban J connectivity index is 0.000000755. The van der Waals surface area contributed by atoms with Gasteiger partial charge in [0.25, 0.3) is 0 Å². The van der Waals surface area contributed by atoms with Crippen LogP contribution < -0.4 is 0 Å². The molecule has 6 fully saturated rings. The average Bonchev–Trinajstić information content (AvgIpc) is 0.835. The molecule has 12 rings (SSSR count). The summed E-state index contributed by atoms with van der Waals surface area (Å²) < 4.78 is 0. The normalized spacial score (nSPS) is 23.1. The molecule has 6 aliphatic rings. The van der Waals surface area contributed by atoms with Crippen molar-refractivity contribution in [1.29, 1.82) is 0 Å². The van der Waals surface area contributed by atoms with Crippen LogP contribution in [0.3, 0.4) is 0 Å². The van der Waals surface area contributed by atoms with Crippen LogP contribution in [0.5, 0.6) is 0 Å². The second-order valence-corrected chi connectivity index (χ2v) is 43.8. The Kier molecular flexibility index (Phi) is 60.2. The lowest BCUT2D eigenvalue weighted by molar-refractivity contribution is 0.0892. The largest absolute Gasteiger partial charge is 0.299 e. The smallest absolute Gasteiger partial charge is 0.0572 e. The quantitative estimate of drug-likeness (QED) is 0.0820. The predicted octanol–water partition coefficient (Wildman–Crippen LogP) is 32.6. The summed E-state index contributed by atoms with van der Waals surface area (Å²) in [6.07, 6.45) is 49.8. The van der Waals surface area contributed by atoms with Gasteiger partial charge in [0.2, 0.25) is 0 Å². The molecule has 0 aromatic carbocycles. The molecular weight excluding hydrogens is 1570 g/mol. The van der Waals surface area contributed by atoms with E-state index in [4.69, 9.17) is 0 Å². The molecule has 0 amide bonds. The molecule has 3 atom stereocenters. The van der Waals surface area contributed by atoms with E-state index in [-0.39, 0.29) is 0 Å². The van der Waals surface area contributed by atoms with Crippen LogP contribution in [-0.4, -0.2) is 138 Å². The topological polar surface area (TPSA) is 96.8 Å². The maximum absolute atomic E-state index is 4.51. The lowest BCUT2D eigenvalue weighted by Crippen LogP contribution is -2.39. The maximum atomic E-state index is 4.51. The van der Waals surface area contributed by atoms with Crippen molar-refractivity contribution in [3.05, 3.63) is 181 Å². The zero-order chi connectivity index (χ0) is 97.9. The maximum Gasteiger partial charge on any atom is 0.0572 e. The van der Waals surface area contributed by atoms with Crippen molar-refractivity contribution in [3.8, 4) is 0 Å². The second-order valence-electron chi connectivity index (χ2n) is 43.8. The van der Waals surface area contributed by atoms with E-state index in [2.05, 4.69) is 302 Å². The fourth-order valence-electron chi connectivity index (χ4n) is 20.4. The van der Waals surface area contributed by atoms with E-state index in [1.807, 2.05) is 175 Å². The molecule has 0 bridgehead atoms. The van der Waals surface area contributed by atoms with Gasteiger partial charge in [-0.3, -0.25) is 59.3 Å². The minimum atomic E-state index is 0.410. The molecule has 6 heterocycles. The molecule has 129 heavy (non-hydrogen) atoms. The summed E-state index contributed by atoms with van der Waals surface area (Å²) in [6, 6.07) is 36.9. The van der Waals surface area contributed by atoms with Gasteiger partial charge in [-0.1, -0.05) is 244 Å². The fraction of sp³-hybridized carbons (Fsp3) is 0.744. The summed E-state index contributed by atoms with van der Waals surface area (Å²) in [5.74, 6) is 5.36. The van der Waals surface area contributed by atoms with Crippen LogP contribution in [0.15, 0.2) is 147 Å². The number of aromatic nitrogens is 6. The summed E-state index contributed by atoms with van der Waals surface area (Å²) in [6.45, 7) is 76.8. The Hall–Kier alpha value is -5.34. The third kappa shape index (κ3) is 45.2. The first-order chi connectivity index (χ1) is 61.1. The molecule has 0 N–H and O–H groups in total. The third-order valence-electron chi connectivity index (χ3n) is 29.8. The van der Waals surface area contributed by atoms with Crippen molar-refractivity contribution in [1.82, 2.24) is 59.3 Å². The molecule has 738 valence electrons. The van der Waals surface area contributed by atoms with Gasteiger partial charge >= 0.3 is 0 Å². The van der Waals surface area contributed by atoms with Gasteiger partial charge in [-0.15, -0.1) is 0 Å². The summed E-state index contributed by atoms with van der Waals surface area (Å²) in [7, 11) is 13.6. The van der Waals surface area contributed by atoms with Crippen molar-refractivity contribution in [3.63, 3.8) is 0 Å². The highest BCUT2D eigenvalue weighted by atomic mass is 15.2. The van der Waals surface area contributed by atoms with Gasteiger partial charge in [-0.25, -0.2) is 0 Å². The summed E-state index contributed by atoms with van der Waals surface area (Å²) in [4.78, 5) is 41.2. The van der Waals surface area contributed by atoms with Crippen LogP contribution in [-0.2, 0) is 19.6 Å². The van der Waals surface area contributed by atoms with Crippen LogP contribution >= 0.6 is 0 Å².